The number of carbonyl (C=O) groups is 3. The molecule has 42 heavy (non-hydrogen) atoms. The van der Waals surface area contributed by atoms with Gasteiger partial charge in [0.15, 0.2) is 0 Å². The van der Waals surface area contributed by atoms with E-state index in [0.717, 1.165) is 109 Å². The summed E-state index contributed by atoms with van der Waals surface area (Å²) in [4.78, 5) is 34.6. The minimum atomic E-state index is -1.03. The summed E-state index contributed by atoms with van der Waals surface area (Å²) < 4.78 is 5.79. The number of unbranched alkanes of at least 4 members (excludes halogenated alkanes) is 9. The van der Waals surface area contributed by atoms with Gasteiger partial charge in [0.1, 0.15) is 12.6 Å². The van der Waals surface area contributed by atoms with Crippen LogP contribution in [0.5, 0.6) is 0 Å². The number of hydrogen-bond donors (Lipinski definition) is 2. The van der Waals surface area contributed by atoms with E-state index in [1.165, 1.54) is 0 Å². The summed E-state index contributed by atoms with van der Waals surface area (Å²) in [5.74, 6) is -1.37. The van der Waals surface area contributed by atoms with Crippen LogP contribution in [0.2, 0.25) is 0 Å². The van der Waals surface area contributed by atoms with Gasteiger partial charge in [-0.1, -0.05) is 107 Å². The number of amides is 1. The number of rotatable bonds is 28. The lowest BCUT2D eigenvalue weighted by Gasteiger charge is -2.15. The molecule has 0 saturated heterocycles. The molecule has 0 aliphatic rings. The molecule has 0 spiro atoms. The first-order valence-electron chi connectivity index (χ1n) is 16.4. The maximum atomic E-state index is 12.5. The SMILES string of the molecule is CC/C=C\C/C=C\C/C=C\C/C=C\CCCCCCC(=O)OC(/C=C\CCCC)CCCCCCC(=O)NCC(=O)O. The van der Waals surface area contributed by atoms with Crippen LogP contribution in [0, 0.1) is 0 Å². The topological polar surface area (TPSA) is 92.7 Å². The van der Waals surface area contributed by atoms with Gasteiger partial charge in [-0.3, -0.25) is 14.4 Å². The molecular formula is C36H59NO5. The van der Waals surface area contributed by atoms with Crippen molar-refractivity contribution in [1.82, 2.24) is 5.32 Å². The normalized spacial score (nSPS) is 12.8. The number of esters is 1. The molecule has 1 amide bonds. The van der Waals surface area contributed by atoms with Gasteiger partial charge >= 0.3 is 11.9 Å². The lowest BCUT2D eigenvalue weighted by molar-refractivity contribution is -0.147. The second-order valence-corrected chi connectivity index (χ2v) is 10.7. The Morgan fingerprint density at radius 1 is 0.667 bits per heavy atom. The van der Waals surface area contributed by atoms with Crippen LogP contribution in [0.25, 0.3) is 0 Å². The highest BCUT2D eigenvalue weighted by molar-refractivity contribution is 5.80. The summed E-state index contributed by atoms with van der Waals surface area (Å²) in [6, 6.07) is 0. The van der Waals surface area contributed by atoms with E-state index in [2.05, 4.69) is 73.8 Å². The van der Waals surface area contributed by atoms with Crippen molar-refractivity contribution < 1.29 is 24.2 Å². The van der Waals surface area contributed by atoms with Crippen LogP contribution in [0.4, 0.5) is 0 Å². The van der Waals surface area contributed by atoms with Gasteiger partial charge in [0, 0.05) is 12.8 Å². The van der Waals surface area contributed by atoms with Crippen LogP contribution < -0.4 is 5.32 Å². The van der Waals surface area contributed by atoms with Crippen molar-refractivity contribution in [1.29, 1.82) is 0 Å². The van der Waals surface area contributed by atoms with Crippen molar-refractivity contribution in [3.63, 3.8) is 0 Å². The van der Waals surface area contributed by atoms with E-state index >= 15 is 0 Å². The van der Waals surface area contributed by atoms with Crippen molar-refractivity contribution in [3.05, 3.63) is 60.8 Å². The van der Waals surface area contributed by atoms with Crippen molar-refractivity contribution in [2.75, 3.05) is 6.54 Å². The summed E-state index contributed by atoms with van der Waals surface area (Å²) in [6.45, 7) is 3.98. The fourth-order valence-corrected chi connectivity index (χ4v) is 4.22. The maximum absolute atomic E-state index is 12.5. The van der Waals surface area contributed by atoms with Gasteiger partial charge in [-0.05, 0) is 76.7 Å². The molecule has 0 aromatic carbocycles. The van der Waals surface area contributed by atoms with E-state index < -0.39 is 5.97 Å². The van der Waals surface area contributed by atoms with Crippen molar-refractivity contribution in [3.8, 4) is 0 Å². The van der Waals surface area contributed by atoms with Gasteiger partial charge < -0.3 is 15.2 Å². The quantitative estimate of drug-likeness (QED) is 0.0542. The summed E-state index contributed by atoms with van der Waals surface area (Å²) in [6.07, 6.45) is 39.4. The maximum Gasteiger partial charge on any atom is 0.322 e. The minimum absolute atomic E-state index is 0.116. The van der Waals surface area contributed by atoms with Crippen LogP contribution in [0.1, 0.15) is 136 Å². The number of allylic oxidation sites excluding steroid dienone is 9. The molecule has 0 radical (unpaired) electrons. The number of nitrogens with one attached hydrogen (secondary N) is 1. The van der Waals surface area contributed by atoms with E-state index in [1.54, 1.807) is 0 Å². The first-order chi connectivity index (χ1) is 20.5. The summed E-state index contributed by atoms with van der Waals surface area (Å²) >= 11 is 0. The monoisotopic (exact) mass is 585 g/mol. The van der Waals surface area contributed by atoms with Gasteiger partial charge in [-0.15, -0.1) is 0 Å². The molecule has 0 saturated carbocycles. The number of carbonyl (C=O) groups excluding carboxylic acids is 2. The Bertz CT molecular complexity index is 825. The molecule has 0 aliphatic carbocycles. The average molecular weight is 586 g/mol. The first-order valence-corrected chi connectivity index (χ1v) is 16.4. The molecule has 0 aromatic rings. The first kappa shape index (κ1) is 39.1. The lowest BCUT2D eigenvalue weighted by Crippen LogP contribution is -2.28. The molecule has 0 fully saturated rings. The van der Waals surface area contributed by atoms with E-state index in [-0.39, 0.29) is 24.5 Å². The predicted molar refractivity (Wildman–Crippen MR) is 175 cm³/mol. The van der Waals surface area contributed by atoms with Crippen molar-refractivity contribution in [2.45, 2.75) is 142 Å². The molecule has 0 aliphatic heterocycles. The Morgan fingerprint density at radius 3 is 1.88 bits per heavy atom. The molecule has 0 rings (SSSR count). The average Bonchev–Trinajstić information content (AvgIpc) is 2.97. The van der Waals surface area contributed by atoms with Crippen LogP contribution in [0.3, 0.4) is 0 Å². The second-order valence-electron chi connectivity index (χ2n) is 10.7. The second kappa shape index (κ2) is 31.1. The van der Waals surface area contributed by atoms with Crippen LogP contribution in [-0.2, 0) is 19.1 Å². The third-order valence-electron chi connectivity index (χ3n) is 6.66. The number of carboxylic acid groups (broad SMARTS) is 1. The number of hydrogen-bond acceptors (Lipinski definition) is 4. The Labute approximate surface area is 256 Å². The minimum Gasteiger partial charge on any atom is -0.480 e. The fraction of sp³-hybridized carbons (Fsp3) is 0.639. The van der Waals surface area contributed by atoms with Gasteiger partial charge in [-0.2, -0.15) is 0 Å². The lowest BCUT2D eigenvalue weighted by atomic mass is 10.1. The van der Waals surface area contributed by atoms with Crippen molar-refractivity contribution in [2.24, 2.45) is 0 Å². The molecule has 0 bridgehead atoms. The molecule has 0 heterocycles. The van der Waals surface area contributed by atoms with E-state index in [0.29, 0.717) is 12.8 Å². The zero-order valence-corrected chi connectivity index (χ0v) is 26.6. The van der Waals surface area contributed by atoms with Crippen LogP contribution >= 0.6 is 0 Å². The fourth-order valence-electron chi connectivity index (χ4n) is 4.22. The Balaban J connectivity index is 4.02. The molecular weight excluding hydrogens is 526 g/mol. The molecule has 1 unspecified atom stereocenters. The summed E-state index contributed by atoms with van der Waals surface area (Å²) in [5, 5.41) is 11.0. The standard InChI is InChI=1S/C36H59NO5/c1-3-5-7-9-10-11-12-13-14-15-16-17-18-19-20-21-27-31-36(41)42-33(28-24-8-6-4-2)29-25-22-23-26-30-34(38)37-32-35(39)40/h5,7,10-11,13-14,16-17,24,28,33H,3-4,6,8-9,12,15,18-23,25-27,29-32H2,1-2H3,(H,37,38)(H,39,40)/b7-5-,11-10-,14-13-,17-16-,28-24-. The van der Waals surface area contributed by atoms with Crippen molar-refractivity contribution >= 4 is 17.8 Å². The molecule has 2 N–H and O–H groups in total. The van der Waals surface area contributed by atoms with E-state index in [4.69, 9.17) is 9.84 Å². The van der Waals surface area contributed by atoms with Crippen LogP contribution in [-0.4, -0.2) is 35.6 Å². The zero-order valence-electron chi connectivity index (χ0n) is 26.6. The Morgan fingerprint density at radius 2 is 1.24 bits per heavy atom. The van der Waals surface area contributed by atoms with E-state index in [1.807, 2.05) is 6.08 Å². The smallest absolute Gasteiger partial charge is 0.322 e. The van der Waals surface area contributed by atoms with Gasteiger partial charge in [0.05, 0.1) is 0 Å². The number of ether oxygens (including phenoxy) is 1. The molecule has 238 valence electrons. The van der Waals surface area contributed by atoms with Gasteiger partial charge in [0.2, 0.25) is 5.91 Å². The third kappa shape index (κ3) is 30.1. The predicted octanol–water partition coefficient (Wildman–Crippen LogP) is 9.33. The largest absolute Gasteiger partial charge is 0.480 e. The number of carboxylic acids is 1. The third-order valence-corrected chi connectivity index (χ3v) is 6.66. The summed E-state index contributed by atoms with van der Waals surface area (Å²) in [5.41, 5.74) is 0. The Kier molecular flexibility index (Phi) is 28.9. The highest BCUT2D eigenvalue weighted by Gasteiger charge is 2.11. The zero-order chi connectivity index (χ0) is 30.9. The molecule has 0 aromatic heterocycles. The molecule has 6 nitrogen and oxygen atoms in total. The summed E-state index contributed by atoms with van der Waals surface area (Å²) in [7, 11) is 0. The van der Waals surface area contributed by atoms with Gasteiger partial charge in [0.25, 0.3) is 0 Å². The number of aliphatic carboxylic acids is 1. The van der Waals surface area contributed by atoms with Crippen LogP contribution in [0.15, 0.2) is 60.8 Å². The Hall–Kier alpha value is -2.89. The highest BCUT2D eigenvalue weighted by Crippen LogP contribution is 2.14. The highest BCUT2D eigenvalue weighted by atomic mass is 16.5. The van der Waals surface area contributed by atoms with Gasteiger partial charge in [-0.25, -0.2) is 0 Å². The molecule has 6 heteroatoms. The van der Waals surface area contributed by atoms with E-state index in [9.17, 15) is 14.4 Å². The molecule has 1 atom stereocenters.